The zero-order valence-electron chi connectivity index (χ0n) is 13.1. The Morgan fingerprint density at radius 1 is 1.43 bits per heavy atom. The number of hydrogen-bond acceptors (Lipinski definition) is 3. The molecular formula is C16H19ClFN3O2. The molecule has 3 rings (SSSR count). The van der Waals surface area contributed by atoms with Gasteiger partial charge in [-0.3, -0.25) is 9.69 Å². The van der Waals surface area contributed by atoms with Crippen molar-refractivity contribution in [1.29, 1.82) is 0 Å². The summed E-state index contributed by atoms with van der Waals surface area (Å²) >= 11 is 6.02. The summed E-state index contributed by atoms with van der Waals surface area (Å²) < 4.78 is 13.8. The summed E-state index contributed by atoms with van der Waals surface area (Å²) in [4.78, 5) is 27.6. The number of urea groups is 1. The first kappa shape index (κ1) is 16.2. The van der Waals surface area contributed by atoms with Gasteiger partial charge in [-0.05, 0) is 44.9 Å². The molecule has 1 aliphatic carbocycles. The van der Waals surface area contributed by atoms with E-state index in [1.165, 1.54) is 11.0 Å². The largest absolute Gasteiger partial charge is 0.326 e. The van der Waals surface area contributed by atoms with Crippen molar-refractivity contribution >= 4 is 23.5 Å². The molecule has 0 aromatic heterocycles. The third kappa shape index (κ3) is 2.93. The third-order valence-corrected chi connectivity index (χ3v) is 4.92. The second-order valence-corrected chi connectivity index (χ2v) is 6.90. The SMILES string of the molecule is CN(Cc1c(F)cccc1Cl)CN1C(=O)N[C@](C)(C2CC2)C1=O. The van der Waals surface area contributed by atoms with Gasteiger partial charge in [-0.2, -0.15) is 0 Å². The lowest BCUT2D eigenvalue weighted by atomic mass is 9.96. The minimum Gasteiger partial charge on any atom is -0.323 e. The van der Waals surface area contributed by atoms with Gasteiger partial charge in [0.25, 0.3) is 5.91 Å². The molecule has 0 unspecified atom stereocenters. The highest BCUT2D eigenvalue weighted by molar-refractivity contribution is 6.31. The van der Waals surface area contributed by atoms with Crippen LogP contribution in [0.1, 0.15) is 25.3 Å². The van der Waals surface area contributed by atoms with E-state index < -0.39 is 17.4 Å². The normalized spacial score (nSPS) is 24.5. The second-order valence-electron chi connectivity index (χ2n) is 6.50. The van der Waals surface area contributed by atoms with Gasteiger partial charge >= 0.3 is 6.03 Å². The maximum Gasteiger partial charge on any atom is 0.326 e. The van der Waals surface area contributed by atoms with Crippen LogP contribution in [0, 0.1) is 11.7 Å². The van der Waals surface area contributed by atoms with Gasteiger partial charge < -0.3 is 5.32 Å². The van der Waals surface area contributed by atoms with E-state index in [4.69, 9.17) is 11.6 Å². The lowest BCUT2D eigenvalue weighted by molar-refractivity contribution is -0.132. The van der Waals surface area contributed by atoms with Crippen LogP contribution in [-0.4, -0.2) is 41.0 Å². The summed E-state index contributed by atoms with van der Waals surface area (Å²) in [5.41, 5.74) is -0.443. The summed E-state index contributed by atoms with van der Waals surface area (Å²) in [6.45, 7) is 2.08. The molecule has 0 spiro atoms. The molecule has 1 heterocycles. The number of nitrogens with zero attached hydrogens (tertiary/aromatic N) is 2. The Bertz CT molecular complexity index is 644. The van der Waals surface area contributed by atoms with Crippen LogP contribution >= 0.6 is 11.6 Å². The lowest BCUT2D eigenvalue weighted by Crippen LogP contribution is -2.46. The van der Waals surface area contributed by atoms with Gasteiger partial charge in [0.15, 0.2) is 0 Å². The molecule has 1 aromatic carbocycles. The van der Waals surface area contributed by atoms with Crippen LogP contribution in [0.2, 0.25) is 5.02 Å². The fraction of sp³-hybridized carbons (Fsp3) is 0.500. The van der Waals surface area contributed by atoms with E-state index in [1.807, 2.05) is 0 Å². The first-order valence-electron chi connectivity index (χ1n) is 7.58. The molecule has 1 saturated carbocycles. The van der Waals surface area contributed by atoms with Crippen LogP contribution in [0.15, 0.2) is 18.2 Å². The number of benzene rings is 1. The van der Waals surface area contributed by atoms with Gasteiger partial charge in [0, 0.05) is 17.1 Å². The molecule has 7 heteroatoms. The van der Waals surface area contributed by atoms with Crippen molar-refractivity contribution in [2.24, 2.45) is 5.92 Å². The molecule has 2 aliphatic rings. The molecule has 0 radical (unpaired) electrons. The molecule has 124 valence electrons. The highest BCUT2D eigenvalue weighted by Gasteiger charge is 2.56. The topological polar surface area (TPSA) is 52.6 Å². The van der Waals surface area contributed by atoms with Gasteiger partial charge in [0.05, 0.1) is 6.67 Å². The van der Waals surface area contributed by atoms with Crippen molar-refractivity contribution in [2.75, 3.05) is 13.7 Å². The lowest BCUT2D eigenvalue weighted by Gasteiger charge is -2.24. The number of carbonyl (C=O) groups excluding carboxylic acids is 2. The van der Waals surface area contributed by atoms with Crippen molar-refractivity contribution in [3.63, 3.8) is 0 Å². The number of rotatable bonds is 5. The first-order valence-corrected chi connectivity index (χ1v) is 7.96. The van der Waals surface area contributed by atoms with Crippen LogP contribution < -0.4 is 5.32 Å². The van der Waals surface area contributed by atoms with Crippen LogP contribution in [0.5, 0.6) is 0 Å². The Morgan fingerprint density at radius 3 is 2.74 bits per heavy atom. The summed E-state index contributed by atoms with van der Waals surface area (Å²) in [7, 11) is 1.72. The standard InChI is InChI=1S/C16H19ClFN3O2/c1-16(10-6-7-10)14(22)21(15(23)19-16)9-20(2)8-11-12(17)4-3-5-13(11)18/h3-5,10H,6-9H2,1-2H3,(H,19,23)/t16-/m1/s1. The highest BCUT2D eigenvalue weighted by atomic mass is 35.5. The van der Waals surface area contributed by atoms with E-state index >= 15 is 0 Å². The van der Waals surface area contributed by atoms with Crippen LogP contribution in [0.4, 0.5) is 9.18 Å². The summed E-state index contributed by atoms with van der Waals surface area (Å²) in [5, 5.41) is 3.13. The number of imide groups is 1. The van der Waals surface area contributed by atoms with Crippen molar-refractivity contribution in [2.45, 2.75) is 31.8 Å². The molecule has 23 heavy (non-hydrogen) atoms. The fourth-order valence-electron chi connectivity index (χ4n) is 3.03. The number of amides is 3. The summed E-state index contributed by atoms with van der Waals surface area (Å²) in [5.74, 6) is -0.392. The average molecular weight is 340 g/mol. The van der Waals surface area contributed by atoms with Gasteiger partial charge in [-0.15, -0.1) is 0 Å². The fourth-order valence-corrected chi connectivity index (χ4v) is 3.25. The predicted molar refractivity (Wildman–Crippen MR) is 84.3 cm³/mol. The third-order valence-electron chi connectivity index (χ3n) is 4.57. The molecule has 2 fully saturated rings. The van der Waals surface area contributed by atoms with E-state index in [1.54, 1.807) is 31.0 Å². The summed E-state index contributed by atoms with van der Waals surface area (Å²) in [6.07, 6.45) is 1.91. The Labute approximate surface area is 139 Å². The van der Waals surface area contributed by atoms with Gasteiger partial charge in [-0.1, -0.05) is 17.7 Å². The molecule has 1 N–H and O–H groups in total. The molecular weight excluding hydrogens is 321 g/mol. The molecule has 1 atom stereocenters. The first-order chi connectivity index (χ1) is 10.8. The van der Waals surface area contributed by atoms with Gasteiger partial charge in [0.1, 0.15) is 11.4 Å². The predicted octanol–water partition coefficient (Wildman–Crippen LogP) is 2.59. The quantitative estimate of drug-likeness (QED) is 0.839. The Balaban J connectivity index is 1.69. The van der Waals surface area contributed by atoms with E-state index in [2.05, 4.69) is 5.32 Å². The molecule has 1 aromatic rings. The van der Waals surface area contributed by atoms with Crippen molar-refractivity contribution < 1.29 is 14.0 Å². The molecule has 0 bridgehead atoms. The van der Waals surface area contributed by atoms with Gasteiger partial charge in [-0.25, -0.2) is 14.1 Å². The maximum atomic E-state index is 13.8. The Kier molecular flexibility index (Phi) is 4.06. The molecule has 3 amide bonds. The van der Waals surface area contributed by atoms with Gasteiger partial charge in [0.2, 0.25) is 0 Å². The second kappa shape index (κ2) is 5.76. The molecule has 5 nitrogen and oxygen atoms in total. The van der Waals surface area contributed by atoms with E-state index in [0.29, 0.717) is 10.6 Å². The minimum absolute atomic E-state index is 0.0949. The summed E-state index contributed by atoms with van der Waals surface area (Å²) in [6, 6.07) is 4.11. The maximum absolute atomic E-state index is 13.8. The van der Waals surface area contributed by atoms with Crippen molar-refractivity contribution in [3.05, 3.63) is 34.6 Å². The molecule has 1 saturated heterocycles. The Hall–Kier alpha value is -1.66. The minimum atomic E-state index is -0.798. The monoisotopic (exact) mass is 339 g/mol. The zero-order chi connectivity index (χ0) is 16.8. The van der Waals surface area contributed by atoms with Crippen molar-refractivity contribution in [1.82, 2.24) is 15.1 Å². The Morgan fingerprint density at radius 2 is 2.13 bits per heavy atom. The van der Waals surface area contributed by atoms with Crippen LogP contribution in [-0.2, 0) is 11.3 Å². The van der Waals surface area contributed by atoms with E-state index in [0.717, 1.165) is 12.8 Å². The number of hydrogen-bond donors (Lipinski definition) is 1. The van der Waals surface area contributed by atoms with Crippen molar-refractivity contribution in [3.8, 4) is 0 Å². The zero-order valence-corrected chi connectivity index (χ0v) is 13.9. The van der Waals surface area contributed by atoms with Crippen LogP contribution in [0.3, 0.4) is 0 Å². The van der Waals surface area contributed by atoms with Crippen LogP contribution in [0.25, 0.3) is 0 Å². The smallest absolute Gasteiger partial charge is 0.323 e. The highest BCUT2D eigenvalue weighted by Crippen LogP contribution is 2.42. The number of nitrogens with one attached hydrogen (secondary N) is 1. The number of carbonyl (C=O) groups is 2. The average Bonchev–Trinajstić information content (AvgIpc) is 3.30. The van der Waals surface area contributed by atoms with E-state index in [9.17, 15) is 14.0 Å². The molecule has 1 aliphatic heterocycles. The number of halogens is 2. The van der Waals surface area contributed by atoms with E-state index in [-0.39, 0.29) is 25.0 Å².